The highest BCUT2D eigenvalue weighted by Crippen LogP contribution is 2.41. The number of terminal acetylenes is 1. The van der Waals surface area contributed by atoms with Crippen molar-refractivity contribution in [2.24, 2.45) is 4.99 Å². The molecule has 0 radical (unpaired) electrons. The Morgan fingerprint density at radius 3 is 1.34 bits per heavy atom. The summed E-state index contributed by atoms with van der Waals surface area (Å²) in [7, 11) is -12.8. The average molecular weight is 2150 g/mol. The predicted octanol–water partition coefficient (Wildman–Crippen LogP) is 16.1. The van der Waals surface area contributed by atoms with E-state index >= 15 is 0 Å². The molecule has 2 heterocycles. The number of thioether (sulfide) groups is 1. The maximum atomic E-state index is 11.7. The van der Waals surface area contributed by atoms with Crippen molar-refractivity contribution in [1.82, 2.24) is 0 Å². The number of sulfone groups is 4. The molecule has 41 nitrogen and oxygen atoms in total. The normalized spacial score (nSPS) is 12.7. The van der Waals surface area contributed by atoms with Crippen molar-refractivity contribution >= 4 is 143 Å². The highest BCUT2D eigenvalue weighted by atomic mass is 32.3. The Kier molecular flexibility index (Phi) is 68.7. The van der Waals surface area contributed by atoms with E-state index in [0.29, 0.717) is 53.6 Å². The summed E-state index contributed by atoms with van der Waals surface area (Å²) in [6.45, 7) is 25.9. The van der Waals surface area contributed by atoms with E-state index in [1.54, 1.807) is 101 Å². The topological polar surface area (TPSA) is 577 Å². The van der Waals surface area contributed by atoms with Crippen LogP contribution in [0.25, 0.3) is 0 Å². The van der Waals surface area contributed by atoms with Gasteiger partial charge in [0.2, 0.25) is 6.79 Å². The van der Waals surface area contributed by atoms with Gasteiger partial charge in [0.05, 0.1) is 78.8 Å². The van der Waals surface area contributed by atoms with E-state index in [0.717, 1.165) is 23.1 Å². The lowest BCUT2D eigenvalue weighted by molar-refractivity contribution is -0.387. The molecule has 0 amide bonds. The molecule has 2 aliphatic heterocycles. The molecule has 0 saturated heterocycles. The Bertz CT molecular complexity index is 5970. The van der Waals surface area contributed by atoms with Gasteiger partial charge in [0.25, 0.3) is 22.7 Å². The SMILES string of the molecule is C.C.C.C#CCOC(C)=O.CC(=O)OCC(C)c1cc2c(cc1[N+](=O)[O-])OCO2.CC(=O)OCC(C)c1ccccc1[N+](=O)[O-].CC(=O)OCCS(=O)(=O)c1ccc(C)cc1.CC(=O)OCC[S+](C)c1ccccc1.CC(=O)OCc1ccc(C)cc1.CC(=O)OCc1ccccc1[N+](=O)[O-].CCOC(C)=O.CCS(=O)(=O)CCOC(C)=O.CS(=O)(=O)C1=NC2C=CC=CC2S1.Cc1ccc(S(C)(=O)=O)c([N+](=O)[O-])c1. The fourth-order valence-corrected chi connectivity index (χ4v) is 16.4. The van der Waals surface area contributed by atoms with E-state index in [2.05, 4.69) is 53.0 Å². The molecule has 1 aliphatic carbocycles. The monoisotopic (exact) mass is 2150 g/mol. The first-order valence-corrected chi connectivity index (χ1v) is 52.4. The van der Waals surface area contributed by atoms with Crippen LogP contribution >= 0.6 is 11.8 Å². The van der Waals surface area contributed by atoms with E-state index in [1.807, 2.05) is 80.6 Å². The molecular formula is C98H132N5O36S6+. The van der Waals surface area contributed by atoms with Gasteiger partial charge in [-0.1, -0.05) is 187 Å². The number of carbonyl (C=O) groups excluding carboxylic acids is 9. The summed E-state index contributed by atoms with van der Waals surface area (Å²) in [4.78, 5) is 140. The number of nitro benzene ring substituents is 4. The van der Waals surface area contributed by atoms with Crippen molar-refractivity contribution in [1.29, 1.82) is 0 Å². The lowest BCUT2D eigenvalue weighted by atomic mass is 9.99. The molecule has 7 aromatic carbocycles. The number of ether oxygens (including phenoxy) is 11. The van der Waals surface area contributed by atoms with Gasteiger partial charge in [-0.15, -0.1) is 6.42 Å². The Hall–Kier alpha value is -13.8. The summed E-state index contributed by atoms with van der Waals surface area (Å²) in [6.07, 6.45) is 16.8. The molecule has 3 aliphatic rings. The van der Waals surface area contributed by atoms with Gasteiger partial charge >= 0.3 is 53.7 Å². The van der Waals surface area contributed by atoms with Crippen molar-refractivity contribution in [2.45, 2.75) is 184 Å². The first-order valence-electron chi connectivity index (χ1n) is 42.5. The van der Waals surface area contributed by atoms with E-state index in [1.165, 1.54) is 127 Å². The summed E-state index contributed by atoms with van der Waals surface area (Å²) in [5.74, 6) is 0.0508. The number of hydrogen-bond donors (Lipinski definition) is 0. The van der Waals surface area contributed by atoms with Crippen LogP contribution < -0.4 is 9.47 Å². The molecule has 0 aromatic heterocycles. The number of para-hydroxylation sites is 2. The standard InChI is InChI=1S/C12H13NO6.C11H13NO4.C11H14O4S.C11H15O2S.C10H12O2.C9H9NO4.C8H9NO4S.C8H9NO2S2.C6H12O4S.C5H6O2.C4H8O2.3CH4/c1-7(5-17-8(2)14)9-3-11-12(19-6-18-11)4-10(9)13(15)16;1-8(7-16-9(2)13)10-5-3-4-6-11(10)12(14)15;1-9-3-5-11(6-4-9)16(13,14)8-7-15-10(2)12;1-10(12)13-8-9-14(2)11-6-4-3-5-7-11;1-8-3-5-10(6-4-8)7-12-9(2)11;1-7(11)14-6-8-4-2-3-5-9(8)10(12)13;1-6-3-4-8(14(2,12)13)7(5-6)9(10)11;1-13(10,11)8-9-6-4-2-3-5-7(6)12-8;1-3-11(8,9)5-4-10-6(2)7;1-3-4-7-5(2)6;1-3-6-4(2)5;;;/h3-4,7H,5-6H2,1-2H3;3-6,8H,7H2,1-2H3;3-6H,7-8H2,1-2H3;3-7H,8-9H2,1-2H3;3-6H,7H2,1-2H3;2-5H,6H2,1H3;3-5H,1-2H3;2-7H,1H3;3-5H2,1-2H3;1H,4H2,2H3;3H2,1-2H3;3*1H4/q;;;+1;;;;;;;;;;. The summed E-state index contributed by atoms with van der Waals surface area (Å²) in [5.41, 5.74) is 4.91. The smallest absolute Gasteiger partial charge is 0.303 e. The number of esters is 9. The molecule has 5 atom stereocenters. The van der Waals surface area contributed by atoms with Crippen LogP contribution in [-0.4, -0.2) is 218 Å². The molecule has 0 N–H and O–H groups in total. The number of nitro groups is 4. The molecule has 800 valence electrons. The molecule has 0 fully saturated rings. The first kappa shape index (κ1) is 137. The lowest BCUT2D eigenvalue weighted by Gasteiger charge is -2.12. The number of hydrogen-bond acceptors (Lipinski definition) is 38. The predicted molar refractivity (Wildman–Crippen MR) is 553 cm³/mol. The second-order valence-corrected chi connectivity index (χ2v) is 41.7. The van der Waals surface area contributed by atoms with Crippen molar-refractivity contribution in [2.75, 3.05) is 94.8 Å². The van der Waals surface area contributed by atoms with Crippen LogP contribution in [0, 0.1) is 73.6 Å². The van der Waals surface area contributed by atoms with Gasteiger partial charge in [-0.25, -0.2) is 33.7 Å². The molecule has 0 bridgehead atoms. The third-order valence-electron chi connectivity index (χ3n) is 17.5. The number of aliphatic imine (C=N–C) groups is 1. The van der Waals surface area contributed by atoms with Gasteiger partial charge in [-0.3, -0.25) is 88.6 Å². The molecule has 5 unspecified atom stereocenters. The van der Waals surface area contributed by atoms with Gasteiger partial charge in [-0.05, 0) is 81.3 Å². The quantitative estimate of drug-likeness (QED) is 0.0105. The van der Waals surface area contributed by atoms with Crippen LogP contribution in [0.15, 0.2) is 202 Å². The molecule has 0 saturated carbocycles. The van der Waals surface area contributed by atoms with Crippen LogP contribution in [0.5, 0.6) is 11.5 Å². The minimum atomic E-state index is -3.54. The van der Waals surface area contributed by atoms with Crippen LogP contribution in [0.4, 0.5) is 22.7 Å². The van der Waals surface area contributed by atoms with Gasteiger partial charge in [0.1, 0.15) is 49.9 Å². The zero-order valence-corrected chi connectivity index (χ0v) is 86.9. The van der Waals surface area contributed by atoms with Gasteiger partial charge in [-0.2, -0.15) is 0 Å². The zero-order valence-electron chi connectivity index (χ0n) is 82.0. The summed E-state index contributed by atoms with van der Waals surface area (Å²) in [5, 5.41) is 43.1. The first-order chi connectivity index (χ1) is 66.3. The van der Waals surface area contributed by atoms with Crippen molar-refractivity contribution in [3.63, 3.8) is 0 Å². The summed E-state index contributed by atoms with van der Waals surface area (Å²) in [6, 6.07) is 44.3. The highest BCUT2D eigenvalue weighted by molar-refractivity contribution is 8.35. The highest BCUT2D eigenvalue weighted by Gasteiger charge is 2.33. The molecular weight excluding hydrogens is 2020 g/mol. The van der Waals surface area contributed by atoms with Gasteiger partial charge in [0.15, 0.2) is 66.7 Å². The number of benzene rings is 7. The maximum absolute atomic E-state index is 11.7. The van der Waals surface area contributed by atoms with Crippen LogP contribution in [0.1, 0.15) is 163 Å². The summed E-state index contributed by atoms with van der Waals surface area (Å²) >= 11 is 1.33. The van der Waals surface area contributed by atoms with E-state index in [4.69, 9.17) is 34.8 Å². The summed E-state index contributed by atoms with van der Waals surface area (Å²) < 4.78 is 142. The fraction of sp³-hybridized carbons (Fsp3) is 0.408. The van der Waals surface area contributed by atoms with Crippen molar-refractivity contribution in [3.8, 4) is 23.8 Å². The minimum Gasteiger partial charge on any atom is -0.466 e. The molecule has 7 aromatic rings. The van der Waals surface area contributed by atoms with Crippen molar-refractivity contribution < 1.29 is 149 Å². The van der Waals surface area contributed by atoms with E-state index < -0.39 is 82.9 Å². The number of nitrogens with zero attached hydrogens (tertiary/aromatic N) is 5. The number of fused-ring (bicyclic) bond motifs is 2. The van der Waals surface area contributed by atoms with Crippen molar-refractivity contribution in [3.05, 3.63) is 261 Å². The van der Waals surface area contributed by atoms with Gasteiger partial charge in [0, 0.05) is 133 Å². The molecule has 145 heavy (non-hydrogen) atoms. The Labute approximate surface area is 855 Å². The number of aryl methyl sites for hydroxylation is 3. The van der Waals surface area contributed by atoms with Crippen LogP contribution in [0.3, 0.4) is 0 Å². The van der Waals surface area contributed by atoms with Crippen LogP contribution in [0.2, 0.25) is 0 Å². The minimum absolute atomic E-state index is 0. The number of allylic oxidation sites excluding steroid dienone is 2. The Morgan fingerprint density at radius 1 is 0.476 bits per heavy atom. The fourth-order valence-electron chi connectivity index (χ4n) is 10.5. The average Bonchev–Trinajstić information content (AvgIpc) is 1.71. The second kappa shape index (κ2) is 72.4. The Balaban J connectivity index is -0.000000760. The number of carbonyl (C=O) groups is 9. The van der Waals surface area contributed by atoms with E-state index in [-0.39, 0.29) is 187 Å². The van der Waals surface area contributed by atoms with Crippen LogP contribution in [-0.2, 0) is 149 Å². The Morgan fingerprint density at radius 2 is 0.903 bits per heavy atom. The molecule has 10 rings (SSSR count). The molecule has 0 spiro atoms. The van der Waals surface area contributed by atoms with Gasteiger partial charge < -0.3 is 52.1 Å². The largest absolute Gasteiger partial charge is 0.466 e. The zero-order chi connectivity index (χ0) is 108. The third-order valence-corrected chi connectivity index (χ3v) is 26.8. The van der Waals surface area contributed by atoms with E-state index in [9.17, 15) is 117 Å². The number of rotatable bonds is 29. The molecule has 47 heteroatoms. The third kappa shape index (κ3) is 61.7. The maximum Gasteiger partial charge on any atom is 0.303 e. The lowest BCUT2D eigenvalue weighted by Crippen LogP contribution is -2.15. The second-order valence-electron chi connectivity index (χ2n) is 29.6.